The van der Waals surface area contributed by atoms with Crippen LogP contribution >= 0.6 is 12.4 Å². The number of oxazole rings is 2. The number of anilines is 3. The Labute approximate surface area is 218 Å². The highest BCUT2D eigenvalue weighted by molar-refractivity contribution is 6.05. The third kappa shape index (κ3) is 5.08. The number of carbonyl (C=O) groups excluding carboxylic acids is 1. The van der Waals surface area contributed by atoms with Gasteiger partial charge in [-0.15, -0.1) is 12.4 Å². The van der Waals surface area contributed by atoms with Gasteiger partial charge in [-0.2, -0.15) is 4.98 Å². The molecule has 6 heterocycles. The first-order valence-electron chi connectivity index (χ1n) is 11.9. The average Bonchev–Trinajstić information content (AvgIpc) is 3.63. The molecule has 0 bridgehead atoms. The maximum Gasteiger partial charge on any atom is 0.300 e. The van der Waals surface area contributed by atoms with E-state index in [1.807, 2.05) is 17.9 Å². The molecule has 37 heavy (non-hydrogen) atoms. The molecule has 2 aliphatic heterocycles. The van der Waals surface area contributed by atoms with Crippen LogP contribution in [0, 0.1) is 6.92 Å². The number of nitrogens with one attached hydrogen (secondary N) is 1. The molecule has 2 fully saturated rings. The molecule has 2 aliphatic rings. The number of halogens is 1. The smallest absolute Gasteiger partial charge is 0.300 e. The van der Waals surface area contributed by atoms with Gasteiger partial charge in [0.25, 0.3) is 11.9 Å². The number of hydrogen-bond acceptors (Lipinski definition) is 11. The number of nitrogens with two attached hydrogens (primary N) is 1. The molecule has 0 radical (unpaired) electrons. The van der Waals surface area contributed by atoms with Crippen LogP contribution in [-0.2, 0) is 4.74 Å². The summed E-state index contributed by atoms with van der Waals surface area (Å²) < 4.78 is 17.0. The van der Waals surface area contributed by atoms with Crippen molar-refractivity contribution in [2.75, 3.05) is 54.5 Å². The number of aryl methyl sites for hydroxylation is 1. The van der Waals surface area contributed by atoms with E-state index in [4.69, 9.17) is 24.3 Å². The maximum absolute atomic E-state index is 13.2. The van der Waals surface area contributed by atoms with Gasteiger partial charge in [-0.05, 0) is 25.5 Å². The van der Waals surface area contributed by atoms with Crippen molar-refractivity contribution in [2.24, 2.45) is 5.73 Å². The first kappa shape index (κ1) is 24.9. The van der Waals surface area contributed by atoms with Crippen molar-refractivity contribution in [2.45, 2.75) is 19.4 Å². The zero-order chi connectivity index (χ0) is 24.6. The number of ether oxygens (including phenoxy) is 1. The molecule has 0 unspecified atom stereocenters. The zero-order valence-electron chi connectivity index (χ0n) is 20.2. The summed E-state index contributed by atoms with van der Waals surface area (Å²) in [6.45, 7) is 5.85. The second kappa shape index (κ2) is 10.3. The number of pyridine rings is 2. The largest absolute Gasteiger partial charge is 0.444 e. The molecular formula is C24H27ClN8O4. The van der Waals surface area contributed by atoms with Crippen LogP contribution in [0.5, 0.6) is 0 Å². The minimum absolute atomic E-state index is 0. The van der Waals surface area contributed by atoms with Gasteiger partial charge in [0.05, 0.1) is 18.9 Å². The lowest BCUT2D eigenvalue weighted by molar-refractivity contribution is 0.102. The van der Waals surface area contributed by atoms with Crippen LogP contribution in [-0.4, -0.2) is 71.3 Å². The highest BCUT2D eigenvalue weighted by Gasteiger charge is 2.27. The Hall–Kier alpha value is -3.74. The molecule has 0 aliphatic carbocycles. The first-order chi connectivity index (χ1) is 17.5. The fourth-order valence-corrected chi connectivity index (χ4v) is 4.42. The van der Waals surface area contributed by atoms with Crippen LogP contribution < -0.4 is 20.9 Å². The number of fused-ring (bicyclic) bond motifs is 1. The number of amides is 1. The maximum atomic E-state index is 13.2. The third-order valence-electron chi connectivity index (χ3n) is 6.29. The predicted molar refractivity (Wildman–Crippen MR) is 139 cm³/mol. The van der Waals surface area contributed by atoms with Crippen molar-refractivity contribution in [3.8, 4) is 11.5 Å². The Bertz CT molecular complexity index is 1420. The summed E-state index contributed by atoms with van der Waals surface area (Å²) in [7, 11) is 0. The Kier molecular flexibility index (Phi) is 6.96. The van der Waals surface area contributed by atoms with Gasteiger partial charge >= 0.3 is 0 Å². The van der Waals surface area contributed by atoms with Crippen LogP contribution in [0.3, 0.4) is 0 Å². The summed E-state index contributed by atoms with van der Waals surface area (Å²) in [6.07, 6.45) is 3.84. The molecule has 13 heteroatoms. The monoisotopic (exact) mass is 526 g/mol. The molecule has 0 aromatic carbocycles. The van der Waals surface area contributed by atoms with Crippen molar-refractivity contribution in [1.29, 1.82) is 0 Å². The summed E-state index contributed by atoms with van der Waals surface area (Å²) in [6, 6.07) is 5.90. The van der Waals surface area contributed by atoms with E-state index in [0.29, 0.717) is 67.5 Å². The van der Waals surface area contributed by atoms with Crippen molar-refractivity contribution >= 4 is 47.1 Å². The molecule has 1 amide bonds. The molecule has 12 nitrogen and oxygen atoms in total. The normalized spacial score (nSPS) is 17.7. The molecule has 0 spiro atoms. The molecule has 1 atom stereocenters. The van der Waals surface area contributed by atoms with Gasteiger partial charge in [-0.3, -0.25) is 9.78 Å². The second-order valence-electron chi connectivity index (χ2n) is 8.95. The molecular weight excluding hydrogens is 500 g/mol. The van der Waals surface area contributed by atoms with Gasteiger partial charge in [0, 0.05) is 55.7 Å². The number of aromatic nitrogens is 4. The second-order valence-corrected chi connectivity index (χ2v) is 8.95. The Morgan fingerprint density at radius 2 is 1.97 bits per heavy atom. The van der Waals surface area contributed by atoms with Gasteiger partial charge in [-0.1, -0.05) is 0 Å². The molecule has 194 valence electrons. The van der Waals surface area contributed by atoms with Crippen LogP contribution in [0.1, 0.15) is 22.6 Å². The standard InChI is InChI=1S/C24H26N8O4.ClH/c1-14-10-15(2-4-26-14)23-28-18(13-35-23)22(33)27-17-11-19-20(29-21(17)32-5-3-16(25)12-32)30-24(36-19)31-6-8-34-9-7-31;/h2,4,10-11,13,16H,3,5-9,12,25H2,1H3,(H,27,33);1H/t16-;/m1./s1. The molecule has 2 saturated heterocycles. The van der Waals surface area contributed by atoms with Crippen LogP contribution in [0.15, 0.2) is 39.5 Å². The lowest BCUT2D eigenvalue weighted by Gasteiger charge is -2.24. The van der Waals surface area contributed by atoms with Gasteiger partial charge in [0.1, 0.15) is 6.26 Å². The topological polar surface area (TPSA) is 149 Å². The van der Waals surface area contributed by atoms with E-state index >= 15 is 0 Å². The van der Waals surface area contributed by atoms with E-state index in [-0.39, 0.29) is 24.1 Å². The lowest BCUT2D eigenvalue weighted by atomic mass is 10.2. The molecule has 0 saturated carbocycles. The summed E-state index contributed by atoms with van der Waals surface area (Å²) in [5.41, 5.74) is 9.32. The van der Waals surface area contributed by atoms with Crippen LogP contribution in [0.2, 0.25) is 0 Å². The molecule has 4 aromatic rings. The quantitative estimate of drug-likeness (QED) is 0.395. The fourth-order valence-electron chi connectivity index (χ4n) is 4.42. The minimum atomic E-state index is -0.422. The van der Waals surface area contributed by atoms with Crippen LogP contribution in [0.25, 0.3) is 22.7 Å². The first-order valence-corrected chi connectivity index (χ1v) is 11.9. The summed E-state index contributed by atoms with van der Waals surface area (Å²) >= 11 is 0. The number of nitrogens with zero attached hydrogens (tertiary/aromatic N) is 6. The highest BCUT2D eigenvalue weighted by atomic mass is 35.5. The predicted octanol–water partition coefficient (Wildman–Crippen LogP) is 2.63. The molecule has 4 aromatic heterocycles. The zero-order valence-corrected chi connectivity index (χ0v) is 21.0. The van der Waals surface area contributed by atoms with E-state index in [0.717, 1.165) is 24.2 Å². The third-order valence-corrected chi connectivity index (χ3v) is 6.29. The van der Waals surface area contributed by atoms with Crippen molar-refractivity contribution in [1.82, 2.24) is 19.9 Å². The van der Waals surface area contributed by atoms with Gasteiger partial charge in [0.2, 0.25) is 11.5 Å². The minimum Gasteiger partial charge on any atom is -0.444 e. The number of carbonyl (C=O) groups is 1. The van der Waals surface area contributed by atoms with Crippen molar-refractivity contribution < 1.29 is 18.4 Å². The molecule has 6 rings (SSSR count). The SMILES string of the molecule is Cc1cc(-c2nc(C(=O)Nc3cc4oc(N5CCOCC5)nc4nc3N3CC[C@@H](N)C3)co2)ccn1.Cl. The Morgan fingerprint density at radius 1 is 1.14 bits per heavy atom. The van der Waals surface area contributed by atoms with E-state index in [2.05, 4.69) is 25.2 Å². The Balaban J connectivity index is 0.00000280. The summed E-state index contributed by atoms with van der Waals surface area (Å²) in [5.74, 6) is 0.518. The van der Waals surface area contributed by atoms with Gasteiger partial charge in [-0.25, -0.2) is 9.97 Å². The summed E-state index contributed by atoms with van der Waals surface area (Å²) in [5, 5.41) is 2.94. The fraction of sp³-hybridized carbons (Fsp3) is 0.375. The van der Waals surface area contributed by atoms with Gasteiger partial charge in [0.15, 0.2) is 17.1 Å². The van der Waals surface area contributed by atoms with Crippen LogP contribution in [0.4, 0.5) is 17.5 Å². The van der Waals surface area contributed by atoms with E-state index in [1.54, 1.807) is 18.3 Å². The Morgan fingerprint density at radius 3 is 2.73 bits per heavy atom. The van der Waals surface area contributed by atoms with Gasteiger partial charge < -0.3 is 34.4 Å². The summed E-state index contributed by atoms with van der Waals surface area (Å²) in [4.78, 5) is 35.1. The lowest BCUT2D eigenvalue weighted by Crippen LogP contribution is -2.36. The number of morpholine rings is 1. The van der Waals surface area contributed by atoms with E-state index < -0.39 is 5.91 Å². The average molecular weight is 527 g/mol. The highest BCUT2D eigenvalue weighted by Crippen LogP contribution is 2.33. The van der Waals surface area contributed by atoms with Crippen molar-refractivity contribution in [3.63, 3.8) is 0 Å². The van der Waals surface area contributed by atoms with Crippen molar-refractivity contribution in [3.05, 3.63) is 42.0 Å². The van der Waals surface area contributed by atoms with E-state index in [1.165, 1.54) is 6.26 Å². The van der Waals surface area contributed by atoms with E-state index in [9.17, 15) is 4.79 Å². The molecule has 3 N–H and O–H groups in total. The number of hydrogen-bond donors (Lipinski definition) is 2. The number of rotatable bonds is 5.